The number of rotatable bonds is 3. The molecule has 0 fully saturated rings. The maximum Gasteiger partial charge on any atom is 0.196 e. The first-order chi connectivity index (χ1) is 8.63. The van der Waals surface area contributed by atoms with Crippen LogP contribution in [0.5, 0.6) is 5.75 Å². The minimum Gasteiger partial charge on any atom is -0.496 e. The van der Waals surface area contributed by atoms with E-state index in [-0.39, 0.29) is 5.78 Å². The van der Waals surface area contributed by atoms with Crippen molar-refractivity contribution < 1.29 is 9.53 Å². The van der Waals surface area contributed by atoms with Crippen LogP contribution in [0.15, 0.2) is 42.5 Å². The van der Waals surface area contributed by atoms with Crippen molar-refractivity contribution in [3.63, 3.8) is 0 Å². The lowest BCUT2D eigenvalue weighted by molar-refractivity contribution is 0.103. The molecule has 2 aromatic rings. The lowest BCUT2D eigenvalue weighted by Crippen LogP contribution is -2.05. The molecule has 18 heavy (non-hydrogen) atoms. The van der Waals surface area contributed by atoms with E-state index in [1.165, 1.54) is 0 Å². The summed E-state index contributed by atoms with van der Waals surface area (Å²) in [5.41, 5.74) is 3.51. The standard InChI is InChI=1S/C16H16O2/c1-11-9-14(15(18-3)10-12(11)2)16(17)13-7-5-4-6-8-13/h4-10H,1-3H3. The summed E-state index contributed by atoms with van der Waals surface area (Å²) in [7, 11) is 1.59. The molecule has 0 aliphatic rings. The third-order valence-corrected chi connectivity index (χ3v) is 3.10. The van der Waals surface area contributed by atoms with Gasteiger partial charge in [0.25, 0.3) is 0 Å². The van der Waals surface area contributed by atoms with Gasteiger partial charge in [0.2, 0.25) is 0 Å². The average molecular weight is 240 g/mol. The van der Waals surface area contributed by atoms with E-state index in [1.807, 2.05) is 56.3 Å². The van der Waals surface area contributed by atoms with Gasteiger partial charge in [-0.1, -0.05) is 30.3 Å². The fourth-order valence-electron chi connectivity index (χ4n) is 1.88. The third-order valence-electron chi connectivity index (χ3n) is 3.10. The quantitative estimate of drug-likeness (QED) is 0.767. The van der Waals surface area contributed by atoms with Crippen molar-refractivity contribution >= 4 is 5.78 Å². The minimum atomic E-state index is -0.00412. The molecule has 2 nitrogen and oxygen atoms in total. The van der Waals surface area contributed by atoms with Crippen LogP contribution in [0.1, 0.15) is 27.0 Å². The molecule has 0 N–H and O–H groups in total. The van der Waals surface area contributed by atoms with E-state index in [0.717, 1.165) is 11.1 Å². The van der Waals surface area contributed by atoms with E-state index in [4.69, 9.17) is 4.74 Å². The molecule has 0 aliphatic carbocycles. The maximum atomic E-state index is 12.4. The van der Waals surface area contributed by atoms with Crippen molar-refractivity contribution in [2.24, 2.45) is 0 Å². The zero-order valence-electron chi connectivity index (χ0n) is 10.9. The first kappa shape index (κ1) is 12.4. The number of benzene rings is 2. The molecule has 0 aromatic heterocycles. The smallest absolute Gasteiger partial charge is 0.196 e. The van der Waals surface area contributed by atoms with E-state index >= 15 is 0 Å². The Bertz CT molecular complexity index is 571. The Balaban J connectivity index is 2.51. The second-order valence-electron chi connectivity index (χ2n) is 4.33. The first-order valence-electron chi connectivity index (χ1n) is 5.88. The zero-order chi connectivity index (χ0) is 13.1. The second kappa shape index (κ2) is 5.05. The Kier molecular flexibility index (Phi) is 3.47. The van der Waals surface area contributed by atoms with Gasteiger partial charge in [-0.05, 0) is 37.1 Å². The summed E-state index contributed by atoms with van der Waals surface area (Å²) in [6.45, 7) is 4.01. The molecule has 0 spiro atoms. The van der Waals surface area contributed by atoms with Crippen molar-refractivity contribution in [1.82, 2.24) is 0 Å². The predicted octanol–water partition coefficient (Wildman–Crippen LogP) is 3.54. The van der Waals surface area contributed by atoms with Crippen molar-refractivity contribution in [1.29, 1.82) is 0 Å². The summed E-state index contributed by atoms with van der Waals surface area (Å²) < 4.78 is 5.30. The molecule has 2 aromatic carbocycles. The molecule has 0 saturated carbocycles. The van der Waals surface area contributed by atoms with E-state index in [1.54, 1.807) is 7.11 Å². The van der Waals surface area contributed by atoms with Crippen LogP contribution in [0.4, 0.5) is 0 Å². The zero-order valence-corrected chi connectivity index (χ0v) is 10.9. The Morgan fingerprint density at radius 2 is 1.61 bits per heavy atom. The molecule has 0 unspecified atom stereocenters. The van der Waals surface area contributed by atoms with Gasteiger partial charge in [-0.2, -0.15) is 0 Å². The normalized spacial score (nSPS) is 10.2. The Morgan fingerprint density at radius 1 is 1.00 bits per heavy atom. The van der Waals surface area contributed by atoms with Gasteiger partial charge in [-0.25, -0.2) is 0 Å². The van der Waals surface area contributed by atoms with Gasteiger partial charge in [0.15, 0.2) is 5.78 Å². The highest BCUT2D eigenvalue weighted by Crippen LogP contribution is 2.25. The van der Waals surface area contributed by atoms with Crippen molar-refractivity contribution in [2.75, 3.05) is 7.11 Å². The van der Waals surface area contributed by atoms with Gasteiger partial charge < -0.3 is 4.74 Å². The van der Waals surface area contributed by atoms with Gasteiger partial charge in [-0.15, -0.1) is 0 Å². The van der Waals surface area contributed by atoms with Crippen LogP contribution in [0.2, 0.25) is 0 Å². The van der Waals surface area contributed by atoms with Gasteiger partial charge in [-0.3, -0.25) is 4.79 Å². The van der Waals surface area contributed by atoms with Crippen LogP contribution in [-0.4, -0.2) is 12.9 Å². The lowest BCUT2D eigenvalue weighted by Gasteiger charge is -2.11. The van der Waals surface area contributed by atoms with Gasteiger partial charge >= 0.3 is 0 Å². The first-order valence-corrected chi connectivity index (χ1v) is 5.88. The fourth-order valence-corrected chi connectivity index (χ4v) is 1.88. The predicted molar refractivity (Wildman–Crippen MR) is 72.3 cm³/mol. The number of hydrogen-bond acceptors (Lipinski definition) is 2. The second-order valence-corrected chi connectivity index (χ2v) is 4.33. The molecule has 0 radical (unpaired) electrons. The number of hydrogen-bond donors (Lipinski definition) is 0. The van der Waals surface area contributed by atoms with Gasteiger partial charge in [0, 0.05) is 5.56 Å². The summed E-state index contributed by atoms with van der Waals surface area (Å²) in [6.07, 6.45) is 0. The Labute approximate surface area is 107 Å². The number of methoxy groups -OCH3 is 1. The van der Waals surface area contributed by atoms with Crippen LogP contribution in [-0.2, 0) is 0 Å². The molecular formula is C16H16O2. The number of carbonyl (C=O) groups excluding carboxylic acids is 1. The minimum absolute atomic E-state index is 0.00412. The summed E-state index contributed by atoms with van der Waals surface area (Å²) in [6, 6.07) is 13.1. The van der Waals surface area contributed by atoms with Crippen LogP contribution >= 0.6 is 0 Å². The molecule has 0 saturated heterocycles. The summed E-state index contributed by atoms with van der Waals surface area (Å²) >= 11 is 0. The number of carbonyl (C=O) groups is 1. The van der Waals surface area contributed by atoms with E-state index in [9.17, 15) is 4.79 Å². The van der Waals surface area contributed by atoms with Crippen LogP contribution in [0.25, 0.3) is 0 Å². The van der Waals surface area contributed by atoms with Crippen molar-refractivity contribution in [2.45, 2.75) is 13.8 Å². The number of ketones is 1. The largest absolute Gasteiger partial charge is 0.496 e. The van der Waals surface area contributed by atoms with Crippen LogP contribution < -0.4 is 4.74 Å². The SMILES string of the molecule is COc1cc(C)c(C)cc1C(=O)c1ccccc1. The Hall–Kier alpha value is -2.09. The van der Waals surface area contributed by atoms with E-state index in [0.29, 0.717) is 16.9 Å². The van der Waals surface area contributed by atoms with E-state index in [2.05, 4.69) is 0 Å². The molecule has 0 atom stereocenters. The van der Waals surface area contributed by atoms with Crippen LogP contribution in [0.3, 0.4) is 0 Å². The van der Waals surface area contributed by atoms with Crippen LogP contribution in [0, 0.1) is 13.8 Å². The summed E-state index contributed by atoms with van der Waals surface area (Å²) in [5, 5.41) is 0. The fraction of sp³-hybridized carbons (Fsp3) is 0.188. The monoisotopic (exact) mass is 240 g/mol. The molecule has 2 rings (SSSR count). The highest BCUT2D eigenvalue weighted by molar-refractivity contribution is 6.10. The highest BCUT2D eigenvalue weighted by Gasteiger charge is 2.15. The maximum absolute atomic E-state index is 12.4. The van der Waals surface area contributed by atoms with Gasteiger partial charge in [0.1, 0.15) is 5.75 Å². The third kappa shape index (κ3) is 2.28. The molecule has 2 heteroatoms. The lowest BCUT2D eigenvalue weighted by atomic mass is 9.98. The molecule has 0 amide bonds. The molecular weight excluding hydrogens is 224 g/mol. The molecule has 92 valence electrons. The molecule has 0 aliphatic heterocycles. The summed E-state index contributed by atoms with van der Waals surface area (Å²) in [5.74, 6) is 0.627. The highest BCUT2D eigenvalue weighted by atomic mass is 16.5. The average Bonchev–Trinajstić information content (AvgIpc) is 2.41. The van der Waals surface area contributed by atoms with Crippen molar-refractivity contribution in [3.8, 4) is 5.75 Å². The Morgan fingerprint density at radius 3 is 2.22 bits per heavy atom. The van der Waals surface area contributed by atoms with Gasteiger partial charge in [0.05, 0.1) is 12.7 Å². The van der Waals surface area contributed by atoms with Crippen molar-refractivity contribution in [3.05, 3.63) is 64.7 Å². The molecule has 0 bridgehead atoms. The molecule has 0 heterocycles. The number of aryl methyl sites for hydroxylation is 2. The van der Waals surface area contributed by atoms with E-state index < -0.39 is 0 Å². The number of ether oxygens (including phenoxy) is 1. The summed E-state index contributed by atoms with van der Waals surface area (Å²) in [4.78, 5) is 12.4. The topological polar surface area (TPSA) is 26.3 Å².